The van der Waals surface area contributed by atoms with Crippen LogP contribution >= 0.6 is 0 Å². The number of anilines is 1. The Bertz CT molecular complexity index is 343. The van der Waals surface area contributed by atoms with E-state index in [9.17, 15) is 4.79 Å². The average molecular weight is 240 g/mol. The summed E-state index contributed by atoms with van der Waals surface area (Å²) in [5, 5.41) is 6.98. The van der Waals surface area contributed by atoms with Gasteiger partial charge in [-0.15, -0.1) is 0 Å². The Hall–Kier alpha value is -1.59. The van der Waals surface area contributed by atoms with E-state index in [4.69, 9.17) is 5.73 Å². The lowest BCUT2D eigenvalue weighted by Gasteiger charge is -2.21. The van der Waals surface area contributed by atoms with E-state index >= 15 is 0 Å². The van der Waals surface area contributed by atoms with Gasteiger partial charge in [0, 0.05) is 13.1 Å². The third-order valence-electron chi connectivity index (χ3n) is 2.57. The predicted molar refractivity (Wildman–Crippen MR) is 64.4 cm³/mol. The van der Waals surface area contributed by atoms with Crippen molar-refractivity contribution in [3.8, 4) is 0 Å². The molecule has 0 aliphatic heterocycles. The zero-order valence-electron chi connectivity index (χ0n) is 10.5. The molecule has 17 heavy (non-hydrogen) atoms. The van der Waals surface area contributed by atoms with Gasteiger partial charge in [-0.1, -0.05) is 26.7 Å². The largest absolute Gasteiger partial charge is 0.379 e. The Morgan fingerprint density at radius 3 is 2.24 bits per heavy atom. The number of rotatable bonds is 7. The topological polar surface area (TPSA) is 85.2 Å². The average Bonchev–Trinajstić information content (AvgIpc) is 2.75. The molecule has 0 saturated heterocycles. The first-order valence-corrected chi connectivity index (χ1v) is 6.08. The first-order valence-electron chi connectivity index (χ1n) is 6.08. The molecule has 0 radical (unpaired) electrons. The Labute approximate surface area is 101 Å². The number of nitrogens with two attached hydrogens (primary N) is 1. The smallest absolute Gasteiger partial charge is 0.280 e. The van der Waals surface area contributed by atoms with E-state index in [1.807, 2.05) is 0 Å². The molecule has 1 rings (SSSR count). The van der Waals surface area contributed by atoms with Gasteiger partial charge in [0.25, 0.3) is 5.91 Å². The summed E-state index contributed by atoms with van der Waals surface area (Å²) < 4.78 is 4.45. The molecule has 6 heteroatoms. The number of nitrogen functional groups attached to an aromatic ring is 1. The van der Waals surface area contributed by atoms with Crippen molar-refractivity contribution < 1.29 is 9.42 Å². The van der Waals surface area contributed by atoms with Crippen LogP contribution in [-0.4, -0.2) is 34.2 Å². The van der Waals surface area contributed by atoms with Gasteiger partial charge in [0.05, 0.1) is 0 Å². The molecule has 0 aliphatic carbocycles. The first kappa shape index (κ1) is 13.5. The molecule has 0 fully saturated rings. The Kier molecular flexibility index (Phi) is 5.45. The molecule has 1 aromatic rings. The van der Waals surface area contributed by atoms with Crippen LogP contribution in [0.3, 0.4) is 0 Å². The predicted octanol–water partition coefficient (Wildman–Crippen LogP) is 1.69. The maximum absolute atomic E-state index is 12.1. The third-order valence-corrected chi connectivity index (χ3v) is 2.57. The summed E-state index contributed by atoms with van der Waals surface area (Å²) in [6.07, 6.45) is 4.03. The maximum atomic E-state index is 12.1. The summed E-state index contributed by atoms with van der Waals surface area (Å²) >= 11 is 0. The van der Waals surface area contributed by atoms with Crippen LogP contribution in [0.1, 0.15) is 50.0 Å². The van der Waals surface area contributed by atoms with E-state index < -0.39 is 0 Å². The van der Waals surface area contributed by atoms with E-state index in [2.05, 4.69) is 28.8 Å². The van der Waals surface area contributed by atoms with Crippen LogP contribution in [0.4, 0.5) is 5.82 Å². The number of unbranched alkanes of at least 4 members (excludes halogenated alkanes) is 2. The van der Waals surface area contributed by atoms with Crippen molar-refractivity contribution in [3.63, 3.8) is 0 Å². The van der Waals surface area contributed by atoms with E-state index in [-0.39, 0.29) is 17.4 Å². The van der Waals surface area contributed by atoms with Crippen LogP contribution in [0.15, 0.2) is 4.63 Å². The molecular weight excluding hydrogens is 220 g/mol. The summed E-state index contributed by atoms with van der Waals surface area (Å²) in [6, 6.07) is 0. The Morgan fingerprint density at radius 1 is 1.24 bits per heavy atom. The monoisotopic (exact) mass is 240 g/mol. The molecule has 96 valence electrons. The Morgan fingerprint density at radius 2 is 1.82 bits per heavy atom. The number of amides is 1. The van der Waals surface area contributed by atoms with Crippen molar-refractivity contribution in [1.29, 1.82) is 0 Å². The summed E-state index contributed by atoms with van der Waals surface area (Å²) in [5.74, 6) is -0.126. The number of carbonyl (C=O) groups excluding carboxylic acids is 1. The van der Waals surface area contributed by atoms with Crippen LogP contribution in [0.25, 0.3) is 0 Å². The minimum atomic E-state index is -0.189. The molecule has 1 amide bonds. The van der Waals surface area contributed by atoms with Gasteiger partial charge in [-0.2, -0.15) is 0 Å². The second-order valence-electron chi connectivity index (χ2n) is 4.00. The lowest BCUT2D eigenvalue weighted by molar-refractivity contribution is 0.0740. The van der Waals surface area contributed by atoms with Crippen LogP contribution in [-0.2, 0) is 0 Å². The Balaban J connectivity index is 2.68. The van der Waals surface area contributed by atoms with E-state index in [1.165, 1.54) is 0 Å². The molecule has 0 aliphatic rings. The van der Waals surface area contributed by atoms with E-state index in [0.717, 1.165) is 38.8 Å². The number of aromatic nitrogens is 2. The SMILES string of the molecule is CCCCN(CCCC)C(=O)c1nonc1N. The molecule has 1 aromatic heterocycles. The van der Waals surface area contributed by atoms with Crippen molar-refractivity contribution >= 4 is 11.7 Å². The number of hydrogen-bond donors (Lipinski definition) is 1. The van der Waals surface area contributed by atoms with Gasteiger partial charge in [0.15, 0.2) is 0 Å². The first-order chi connectivity index (χ1) is 8.20. The van der Waals surface area contributed by atoms with Crippen molar-refractivity contribution in [3.05, 3.63) is 5.69 Å². The van der Waals surface area contributed by atoms with Crippen molar-refractivity contribution in [1.82, 2.24) is 15.2 Å². The highest BCUT2D eigenvalue weighted by atomic mass is 16.6. The zero-order valence-corrected chi connectivity index (χ0v) is 10.5. The molecule has 0 atom stereocenters. The fourth-order valence-electron chi connectivity index (χ4n) is 1.51. The third kappa shape index (κ3) is 3.72. The normalized spacial score (nSPS) is 10.5. The summed E-state index contributed by atoms with van der Waals surface area (Å²) in [4.78, 5) is 13.9. The van der Waals surface area contributed by atoms with Crippen LogP contribution in [0, 0.1) is 0 Å². The van der Waals surface area contributed by atoms with Crippen LogP contribution in [0.5, 0.6) is 0 Å². The molecule has 0 aromatic carbocycles. The fraction of sp³-hybridized carbons (Fsp3) is 0.727. The minimum Gasteiger partial charge on any atom is -0.379 e. The molecule has 0 spiro atoms. The number of hydrogen-bond acceptors (Lipinski definition) is 5. The van der Waals surface area contributed by atoms with Crippen LogP contribution in [0.2, 0.25) is 0 Å². The highest BCUT2D eigenvalue weighted by Gasteiger charge is 2.21. The molecule has 1 heterocycles. The molecule has 6 nitrogen and oxygen atoms in total. The van der Waals surface area contributed by atoms with Gasteiger partial charge in [0.2, 0.25) is 11.5 Å². The highest BCUT2D eigenvalue weighted by molar-refractivity contribution is 5.96. The highest BCUT2D eigenvalue weighted by Crippen LogP contribution is 2.10. The summed E-state index contributed by atoms with van der Waals surface area (Å²) in [5.41, 5.74) is 5.64. The van der Waals surface area contributed by atoms with Gasteiger partial charge in [-0.05, 0) is 23.2 Å². The molecular formula is C11H20N4O2. The van der Waals surface area contributed by atoms with Gasteiger partial charge in [-0.25, -0.2) is 4.63 Å². The van der Waals surface area contributed by atoms with Gasteiger partial charge < -0.3 is 10.6 Å². The van der Waals surface area contributed by atoms with Gasteiger partial charge >= 0.3 is 0 Å². The molecule has 2 N–H and O–H groups in total. The van der Waals surface area contributed by atoms with E-state index in [0.29, 0.717) is 0 Å². The van der Waals surface area contributed by atoms with Crippen molar-refractivity contribution in [2.24, 2.45) is 0 Å². The summed E-state index contributed by atoms with van der Waals surface area (Å²) in [6.45, 7) is 5.63. The minimum absolute atomic E-state index is 0.0630. The lowest BCUT2D eigenvalue weighted by Crippen LogP contribution is -2.33. The van der Waals surface area contributed by atoms with Gasteiger partial charge in [0.1, 0.15) is 0 Å². The zero-order chi connectivity index (χ0) is 12.7. The standard InChI is InChI=1S/C11H20N4O2/c1-3-5-7-15(8-6-4-2)11(16)9-10(12)14-17-13-9/h3-8H2,1-2H3,(H2,12,14). The van der Waals surface area contributed by atoms with E-state index in [1.54, 1.807) is 4.90 Å². The fourth-order valence-corrected chi connectivity index (χ4v) is 1.51. The van der Waals surface area contributed by atoms with Crippen LogP contribution < -0.4 is 5.73 Å². The van der Waals surface area contributed by atoms with Crippen molar-refractivity contribution in [2.75, 3.05) is 18.8 Å². The molecule has 0 unspecified atom stereocenters. The quantitative estimate of drug-likeness (QED) is 0.783. The van der Waals surface area contributed by atoms with Gasteiger partial charge in [-0.3, -0.25) is 4.79 Å². The number of carbonyl (C=O) groups is 1. The number of nitrogens with zero attached hydrogens (tertiary/aromatic N) is 3. The maximum Gasteiger partial charge on any atom is 0.280 e. The lowest BCUT2D eigenvalue weighted by atomic mass is 10.2. The molecule has 0 saturated carbocycles. The molecule has 0 bridgehead atoms. The summed E-state index contributed by atoms with van der Waals surface area (Å²) in [7, 11) is 0. The van der Waals surface area contributed by atoms with Crippen molar-refractivity contribution in [2.45, 2.75) is 39.5 Å². The second-order valence-corrected chi connectivity index (χ2v) is 4.00. The second kappa shape index (κ2) is 6.88.